The summed E-state index contributed by atoms with van der Waals surface area (Å²) in [4.78, 5) is 11.2. The van der Waals surface area contributed by atoms with Crippen LogP contribution >= 0.6 is 0 Å². The second-order valence-corrected chi connectivity index (χ2v) is 4.20. The molecule has 3 rings (SSSR count). The zero-order valence-electron chi connectivity index (χ0n) is 10.3. The summed E-state index contributed by atoms with van der Waals surface area (Å²) in [6.07, 6.45) is 1.16. The number of benzene rings is 2. The maximum atomic E-state index is 11.2. The van der Waals surface area contributed by atoms with E-state index in [1.807, 2.05) is 42.5 Å². The molecule has 3 heteroatoms. The Labute approximate surface area is 110 Å². The summed E-state index contributed by atoms with van der Waals surface area (Å²) in [5.41, 5.74) is 2.56. The third-order valence-electron chi connectivity index (χ3n) is 3.03. The molecule has 19 heavy (non-hydrogen) atoms. The van der Waals surface area contributed by atoms with Crippen LogP contribution < -0.4 is 0 Å². The zero-order chi connectivity index (χ0) is 13.2. The molecule has 1 heterocycles. The number of furan rings is 1. The van der Waals surface area contributed by atoms with E-state index in [1.165, 1.54) is 0 Å². The number of hydrogen-bond donors (Lipinski definition) is 0. The highest BCUT2D eigenvalue weighted by Crippen LogP contribution is 2.31. The summed E-state index contributed by atoms with van der Waals surface area (Å²) in [5.74, 6) is -0.426. The number of esters is 1. The lowest BCUT2D eigenvalue weighted by atomic mass is 10.1. The highest BCUT2D eigenvalue weighted by molar-refractivity contribution is 6.06. The van der Waals surface area contributed by atoms with Gasteiger partial charge < -0.3 is 9.15 Å². The predicted molar refractivity (Wildman–Crippen MR) is 73.7 cm³/mol. The van der Waals surface area contributed by atoms with Crippen molar-refractivity contribution in [2.75, 3.05) is 0 Å². The molecule has 94 valence electrons. The Balaban J connectivity index is 2.13. The highest BCUT2D eigenvalue weighted by Gasteiger charge is 2.11. The van der Waals surface area contributed by atoms with E-state index in [4.69, 9.17) is 9.15 Å². The molecule has 0 fully saturated rings. The number of carbonyl (C=O) groups is 1. The molecule has 3 nitrogen and oxygen atoms in total. The van der Waals surface area contributed by atoms with Crippen LogP contribution in [0.4, 0.5) is 0 Å². The molecule has 0 spiro atoms. The minimum Gasteiger partial charge on any atom is -0.458 e. The van der Waals surface area contributed by atoms with E-state index in [-0.39, 0.29) is 6.61 Å². The molecule has 0 atom stereocenters. The number of hydrogen-bond acceptors (Lipinski definition) is 3. The Morgan fingerprint density at radius 3 is 2.79 bits per heavy atom. The molecule has 0 unspecified atom stereocenters. The van der Waals surface area contributed by atoms with E-state index in [2.05, 4.69) is 6.58 Å². The molecule has 0 saturated carbocycles. The van der Waals surface area contributed by atoms with E-state index in [9.17, 15) is 4.79 Å². The minimum atomic E-state index is -0.426. The number of carbonyl (C=O) groups excluding carboxylic acids is 1. The predicted octanol–water partition coefficient (Wildman–Crippen LogP) is 3.82. The molecule has 1 aromatic heterocycles. The average molecular weight is 252 g/mol. The molecule has 0 aliphatic carbocycles. The van der Waals surface area contributed by atoms with Gasteiger partial charge in [0.1, 0.15) is 17.8 Å². The largest absolute Gasteiger partial charge is 0.458 e. The molecule has 0 radical (unpaired) electrons. The Bertz CT molecular complexity index is 768. The molecular weight excluding hydrogens is 240 g/mol. The van der Waals surface area contributed by atoms with Crippen LogP contribution in [0.5, 0.6) is 0 Å². The molecule has 3 aromatic rings. The van der Waals surface area contributed by atoms with Crippen molar-refractivity contribution in [1.29, 1.82) is 0 Å². The number of para-hydroxylation sites is 1. The Morgan fingerprint density at radius 1 is 1.16 bits per heavy atom. The van der Waals surface area contributed by atoms with Gasteiger partial charge in [0.2, 0.25) is 0 Å². The summed E-state index contributed by atoms with van der Waals surface area (Å²) in [7, 11) is 0. The van der Waals surface area contributed by atoms with E-state index < -0.39 is 5.97 Å². The maximum Gasteiger partial charge on any atom is 0.330 e. The van der Waals surface area contributed by atoms with Crippen LogP contribution in [-0.2, 0) is 16.1 Å². The molecule has 0 saturated heterocycles. The van der Waals surface area contributed by atoms with Crippen molar-refractivity contribution in [2.24, 2.45) is 0 Å². The van der Waals surface area contributed by atoms with E-state index >= 15 is 0 Å². The Kier molecular flexibility index (Phi) is 2.80. The van der Waals surface area contributed by atoms with Gasteiger partial charge in [-0.05, 0) is 12.1 Å². The highest BCUT2D eigenvalue weighted by atomic mass is 16.5. The van der Waals surface area contributed by atoms with Crippen molar-refractivity contribution >= 4 is 27.9 Å². The van der Waals surface area contributed by atoms with Crippen LogP contribution in [0, 0.1) is 0 Å². The van der Waals surface area contributed by atoms with Crippen molar-refractivity contribution in [3.63, 3.8) is 0 Å². The van der Waals surface area contributed by atoms with Gasteiger partial charge in [-0.1, -0.05) is 36.9 Å². The van der Waals surface area contributed by atoms with Crippen LogP contribution in [0.1, 0.15) is 5.56 Å². The van der Waals surface area contributed by atoms with Gasteiger partial charge in [0.05, 0.1) is 0 Å². The van der Waals surface area contributed by atoms with Gasteiger partial charge in [-0.3, -0.25) is 0 Å². The summed E-state index contributed by atoms with van der Waals surface area (Å²) in [6.45, 7) is 3.60. The first-order valence-corrected chi connectivity index (χ1v) is 5.98. The van der Waals surface area contributed by atoms with Crippen LogP contribution in [-0.4, -0.2) is 5.97 Å². The molecule has 0 N–H and O–H groups in total. The van der Waals surface area contributed by atoms with Gasteiger partial charge in [-0.2, -0.15) is 0 Å². The SMILES string of the molecule is C=CC(=O)OCc1cccc2oc3ccccc3c12. The number of fused-ring (bicyclic) bond motifs is 3. The van der Waals surface area contributed by atoms with Crippen molar-refractivity contribution in [1.82, 2.24) is 0 Å². The lowest BCUT2D eigenvalue weighted by molar-refractivity contribution is -0.138. The fraction of sp³-hybridized carbons (Fsp3) is 0.0625. The third kappa shape index (κ3) is 1.99. The normalized spacial score (nSPS) is 10.7. The van der Waals surface area contributed by atoms with Gasteiger partial charge in [0, 0.05) is 22.4 Å². The van der Waals surface area contributed by atoms with Gasteiger partial charge in [0.15, 0.2) is 0 Å². The van der Waals surface area contributed by atoms with Gasteiger partial charge in [-0.25, -0.2) is 4.79 Å². The lowest BCUT2D eigenvalue weighted by Crippen LogP contribution is -2.00. The van der Waals surface area contributed by atoms with Gasteiger partial charge in [-0.15, -0.1) is 0 Å². The molecule has 0 aliphatic heterocycles. The first kappa shape index (κ1) is 11.5. The van der Waals surface area contributed by atoms with Crippen molar-refractivity contribution in [3.05, 3.63) is 60.7 Å². The standard InChI is InChI=1S/C16H12O3/c1-2-15(17)18-10-11-6-5-9-14-16(11)12-7-3-4-8-13(12)19-14/h2-9H,1,10H2. The quantitative estimate of drug-likeness (QED) is 0.525. The van der Waals surface area contributed by atoms with Gasteiger partial charge in [0.25, 0.3) is 0 Å². The second-order valence-electron chi connectivity index (χ2n) is 4.20. The summed E-state index contributed by atoms with van der Waals surface area (Å²) < 4.78 is 10.9. The van der Waals surface area contributed by atoms with E-state index in [0.717, 1.165) is 33.6 Å². The van der Waals surface area contributed by atoms with Crippen LogP contribution in [0.3, 0.4) is 0 Å². The first-order valence-electron chi connectivity index (χ1n) is 5.98. The minimum absolute atomic E-state index is 0.214. The third-order valence-corrected chi connectivity index (χ3v) is 3.03. The first-order chi connectivity index (χ1) is 9.29. The fourth-order valence-electron chi connectivity index (χ4n) is 2.18. The number of rotatable bonds is 3. The average Bonchev–Trinajstić information content (AvgIpc) is 2.83. The van der Waals surface area contributed by atoms with Gasteiger partial charge >= 0.3 is 5.97 Å². The zero-order valence-corrected chi connectivity index (χ0v) is 10.3. The smallest absolute Gasteiger partial charge is 0.330 e. The molecular formula is C16H12O3. The van der Waals surface area contributed by atoms with Crippen LogP contribution in [0.25, 0.3) is 21.9 Å². The Morgan fingerprint density at radius 2 is 1.95 bits per heavy atom. The topological polar surface area (TPSA) is 39.4 Å². The monoisotopic (exact) mass is 252 g/mol. The van der Waals surface area contributed by atoms with E-state index in [0.29, 0.717) is 0 Å². The van der Waals surface area contributed by atoms with Crippen LogP contribution in [0.15, 0.2) is 59.5 Å². The lowest BCUT2D eigenvalue weighted by Gasteiger charge is -2.03. The molecule has 0 bridgehead atoms. The van der Waals surface area contributed by atoms with Crippen LogP contribution in [0.2, 0.25) is 0 Å². The Hall–Kier alpha value is -2.55. The van der Waals surface area contributed by atoms with Crippen molar-refractivity contribution in [2.45, 2.75) is 6.61 Å². The van der Waals surface area contributed by atoms with E-state index in [1.54, 1.807) is 0 Å². The van der Waals surface area contributed by atoms with Crippen molar-refractivity contribution < 1.29 is 13.9 Å². The molecule has 0 aliphatic rings. The second kappa shape index (κ2) is 4.61. The number of ether oxygens (including phenoxy) is 1. The summed E-state index contributed by atoms with van der Waals surface area (Å²) >= 11 is 0. The summed E-state index contributed by atoms with van der Waals surface area (Å²) in [6, 6.07) is 13.6. The maximum absolute atomic E-state index is 11.2. The summed E-state index contributed by atoms with van der Waals surface area (Å²) in [5, 5.41) is 2.03. The van der Waals surface area contributed by atoms with Crippen molar-refractivity contribution in [3.8, 4) is 0 Å². The molecule has 2 aromatic carbocycles. The fourth-order valence-corrected chi connectivity index (χ4v) is 2.18. The molecule has 0 amide bonds.